The standard InChI is InChI=1S/C14H23N3O2/c1-10(2)19-9-8-17(4)13-11(3)6-5-7-12(13)14(15)16-18/h5-7,10,18H,8-9H2,1-4H3,(H2,15,16). The molecule has 1 aromatic rings. The van der Waals surface area contributed by atoms with Crippen molar-refractivity contribution in [2.75, 3.05) is 25.1 Å². The lowest BCUT2D eigenvalue weighted by Crippen LogP contribution is -2.27. The van der Waals surface area contributed by atoms with Crippen LogP contribution in [0.4, 0.5) is 5.69 Å². The lowest BCUT2D eigenvalue weighted by atomic mass is 10.1. The normalized spacial score (nSPS) is 11.9. The van der Waals surface area contributed by atoms with E-state index in [9.17, 15) is 0 Å². The van der Waals surface area contributed by atoms with Gasteiger partial charge in [-0.05, 0) is 32.4 Å². The van der Waals surface area contributed by atoms with Crippen LogP contribution in [0.2, 0.25) is 0 Å². The molecule has 0 unspecified atom stereocenters. The maximum atomic E-state index is 8.85. The predicted octanol–water partition coefficient (Wildman–Crippen LogP) is 1.95. The van der Waals surface area contributed by atoms with Crippen LogP contribution in [0.5, 0.6) is 0 Å². The number of nitrogens with two attached hydrogens (primary N) is 1. The molecule has 0 aliphatic rings. The average Bonchev–Trinajstić information content (AvgIpc) is 2.36. The van der Waals surface area contributed by atoms with Gasteiger partial charge in [-0.25, -0.2) is 0 Å². The second-order valence-electron chi connectivity index (χ2n) is 4.80. The van der Waals surface area contributed by atoms with Gasteiger partial charge < -0.3 is 20.6 Å². The van der Waals surface area contributed by atoms with E-state index in [-0.39, 0.29) is 11.9 Å². The lowest BCUT2D eigenvalue weighted by molar-refractivity contribution is 0.0846. The topological polar surface area (TPSA) is 71.1 Å². The van der Waals surface area contributed by atoms with Gasteiger partial charge in [0.25, 0.3) is 0 Å². The fraction of sp³-hybridized carbons (Fsp3) is 0.500. The first-order chi connectivity index (χ1) is 8.97. The molecule has 0 saturated carbocycles. The molecule has 1 aromatic carbocycles. The fourth-order valence-electron chi connectivity index (χ4n) is 1.96. The Morgan fingerprint density at radius 1 is 1.47 bits per heavy atom. The summed E-state index contributed by atoms with van der Waals surface area (Å²) in [6.45, 7) is 7.40. The molecule has 0 aliphatic carbocycles. The number of ether oxygens (including phenoxy) is 1. The zero-order chi connectivity index (χ0) is 14.4. The number of hydrogen-bond acceptors (Lipinski definition) is 4. The van der Waals surface area contributed by atoms with E-state index < -0.39 is 0 Å². The SMILES string of the molecule is Cc1cccc(/C(N)=N/O)c1N(C)CCOC(C)C. The summed E-state index contributed by atoms with van der Waals surface area (Å²) in [5, 5.41) is 11.9. The molecular weight excluding hydrogens is 242 g/mol. The van der Waals surface area contributed by atoms with E-state index in [2.05, 4.69) is 10.1 Å². The molecule has 0 spiro atoms. The summed E-state index contributed by atoms with van der Waals surface area (Å²) in [6.07, 6.45) is 0.216. The maximum Gasteiger partial charge on any atom is 0.172 e. The Hall–Kier alpha value is -1.75. The van der Waals surface area contributed by atoms with Gasteiger partial charge in [-0.2, -0.15) is 0 Å². The number of rotatable bonds is 6. The van der Waals surface area contributed by atoms with Gasteiger partial charge in [0.05, 0.1) is 18.4 Å². The number of anilines is 1. The molecule has 5 nitrogen and oxygen atoms in total. The average molecular weight is 265 g/mol. The van der Waals surface area contributed by atoms with Crippen LogP contribution in [0.15, 0.2) is 23.4 Å². The van der Waals surface area contributed by atoms with Crippen LogP contribution in [0.3, 0.4) is 0 Å². The minimum Gasteiger partial charge on any atom is -0.409 e. The van der Waals surface area contributed by atoms with E-state index in [1.54, 1.807) is 0 Å². The van der Waals surface area contributed by atoms with Crippen LogP contribution in [-0.4, -0.2) is 37.3 Å². The zero-order valence-electron chi connectivity index (χ0n) is 12.1. The quantitative estimate of drug-likeness (QED) is 0.357. The van der Waals surface area contributed by atoms with Crippen molar-refractivity contribution in [2.24, 2.45) is 10.9 Å². The van der Waals surface area contributed by atoms with Crippen molar-refractivity contribution in [1.82, 2.24) is 0 Å². The Bertz CT molecular complexity index is 444. The predicted molar refractivity (Wildman–Crippen MR) is 78.0 cm³/mol. The monoisotopic (exact) mass is 265 g/mol. The van der Waals surface area contributed by atoms with Crippen molar-refractivity contribution in [3.05, 3.63) is 29.3 Å². The van der Waals surface area contributed by atoms with E-state index in [4.69, 9.17) is 15.7 Å². The van der Waals surface area contributed by atoms with E-state index in [1.165, 1.54) is 0 Å². The van der Waals surface area contributed by atoms with Gasteiger partial charge in [0.2, 0.25) is 0 Å². The highest BCUT2D eigenvalue weighted by molar-refractivity contribution is 6.02. The fourth-order valence-corrected chi connectivity index (χ4v) is 1.96. The summed E-state index contributed by atoms with van der Waals surface area (Å²) in [6, 6.07) is 5.74. The van der Waals surface area contributed by atoms with Crippen molar-refractivity contribution in [1.29, 1.82) is 0 Å². The highest BCUT2D eigenvalue weighted by atomic mass is 16.5. The second-order valence-corrected chi connectivity index (χ2v) is 4.80. The minimum absolute atomic E-state index is 0.121. The molecule has 0 heterocycles. The third-order valence-corrected chi connectivity index (χ3v) is 2.88. The van der Waals surface area contributed by atoms with Crippen LogP contribution in [0.1, 0.15) is 25.0 Å². The van der Waals surface area contributed by atoms with Crippen molar-refractivity contribution in [3.8, 4) is 0 Å². The van der Waals surface area contributed by atoms with Crippen LogP contribution < -0.4 is 10.6 Å². The summed E-state index contributed by atoms with van der Waals surface area (Å²) < 4.78 is 5.55. The third kappa shape index (κ3) is 4.13. The highest BCUT2D eigenvalue weighted by Gasteiger charge is 2.13. The number of likely N-dealkylation sites (N-methyl/N-ethyl adjacent to an activating group) is 1. The van der Waals surface area contributed by atoms with Crippen molar-refractivity contribution in [2.45, 2.75) is 26.9 Å². The van der Waals surface area contributed by atoms with E-state index in [0.717, 1.165) is 23.4 Å². The molecule has 0 bridgehead atoms. The lowest BCUT2D eigenvalue weighted by Gasteiger charge is -2.24. The number of amidine groups is 1. The second kappa shape index (κ2) is 6.99. The van der Waals surface area contributed by atoms with Gasteiger partial charge in [-0.3, -0.25) is 0 Å². The van der Waals surface area contributed by atoms with E-state index >= 15 is 0 Å². The molecule has 1 rings (SSSR count). The van der Waals surface area contributed by atoms with Crippen LogP contribution in [-0.2, 0) is 4.74 Å². The Labute approximate surface area is 114 Å². The van der Waals surface area contributed by atoms with Gasteiger partial charge in [0, 0.05) is 19.2 Å². The molecule has 5 heteroatoms. The number of para-hydroxylation sites is 1. The first-order valence-electron chi connectivity index (χ1n) is 6.37. The van der Waals surface area contributed by atoms with Gasteiger partial charge in [-0.15, -0.1) is 0 Å². The Balaban J connectivity index is 2.92. The molecule has 0 fully saturated rings. The first kappa shape index (κ1) is 15.3. The smallest absolute Gasteiger partial charge is 0.172 e. The number of aryl methyl sites for hydroxylation is 1. The van der Waals surface area contributed by atoms with Crippen LogP contribution in [0, 0.1) is 6.92 Å². The van der Waals surface area contributed by atoms with E-state index in [1.807, 2.05) is 46.0 Å². The molecule has 106 valence electrons. The van der Waals surface area contributed by atoms with Crippen molar-refractivity contribution < 1.29 is 9.94 Å². The highest BCUT2D eigenvalue weighted by Crippen LogP contribution is 2.23. The molecule has 0 saturated heterocycles. The summed E-state index contributed by atoms with van der Waals surface area (Å²) in [5.41, 5.74) is 8.49. The number of benzene rings is 1. The van der Waals surface area contributed by atoms with Crippen molar-refractivity contribution >= 4 is 11.5 Å². The Morgan fingerprint density at radius 2 is 2.16 bits per heavy atom. The van der Waals surface area contributed by atoms with E-state index in [0.29, 0.717) is 6.61 Å². The van der Waals surface area contributed by atoms with Crippen molar-refractivity contribution in [3.63, 3.8) is 0 Å². The minimum atomic E-state index is 0.121. The van der Waals surface area contributed by atoms with Gasteiger partial charge in [-0.1, -0.05) is 17.3 Å². The summed E-state index contributed by atoms with van der Waals surface area (Å²) >= 11 is 0. The molecule has 0 aliphatic heterocycles. The molecule has 0 amide bonds. The van der Waals surface area contributed by atoms with Crippen LogP contribution in [0.25, 0.3) is 0 Å². The van der Waals surface area contributed by atoms with Gasteiger partial charge >= 0.3 is 0 Å². The number of hydrogen-bond donors (Lipinski definition) is 2. The third-order valence-electron chi connectivity index (χ3n) is 2.88. The molecule has 3 N–H and O–H groups in total. The number of oxime groups is 1. The largest absolute Gasteiger partial charge is 0.409 e. The molecular formula is C14H23N3O2. The maximum absolute atomic E-state index is 8.85. The summed E-state index contributed by atoms with van der Waals surface area (Å²) in [5.74, 6) is 0.121. The molecule has 0 radical (unpaired) electrons. The summed E-state index contributed by atoms with van der Waals surface area (Å²) in [4.78, 5) is 2.06. The number of nitrogens with zero attached hydrogens (tertiary/aromatic N) is 2. The Morgan fingerprint density at radius 3 is 2.74 bits per heavy atom. The summed E-state index contributed by atoms with van der Waals surface area (Å²) in [7, 11) is 1.97. The molecule has 0 aromatic heterocycles. The first-order valence-corrected chi connectivity index (χ1v) is 6.37. The molecule has 0 atom stereocenters. The van der Waals surface area contributed by atoms with Gasteiger partial charge in [0.15, 0.2) is 5.84 Å². The van der Waals surface area contributed by atoms with Crippen LogP contribution >= 0.6 is 0 Å². The van der Waals surface area contributed by atoms with Gasteiger partial charge in [0.1, 0.15) is 0 Å². The molecule has 19 heavy (non-hydrogen) atoms. The zero-order valence-corrected chi connectivity index (χ0v) is 12.1. The Kier molecular flexibility index (Phi) is 5.63.